The summed E-state index contributed by atoms with van der Waals surface area (Å²) in [5.41, 5.74) is 9.70. The van der Waals surface area contributed by atoms with Crippen molar-refractivity contribution >= 4 is 31.9 Å². The van der Waals surface area contributed by atoms with Gasteiger partial charge in [0.25, 0.3) is 0 Å². The van der Waals surface area contributed by atoms with Gasteiger partial charge in [0.1, 0.15) is 5.75 Å². The van der Waals surface area contributed by atoms with E-state index in [2.05, 4.69) is 44.8 Å². The fraction of sp³-hybridized carbons (Fsp3) is 0.250. The van der Waals surface area contributed by atoms with Gasteiger partial charge in [-0.15, -0.1) is 0 Å². The lowest BCUT2D eigenvalue weighted by molar-refractivity contribution is 0.340. The van der Waals surface area contributed by atoms with Crippen LogP contribution in [0.1, 0.15) is 29.7 Å². The van der Waals surface area contributed by atoms with Gasteiger partial charge in [0.05, 0.1) is 12.6 Å². The van der Waals surface area contributed by atoms with Crippen molar-refractivity contribution in [2.45, 2.75) is 19.9 Å². The molecule has 4 heteroatoms. The highest BCUT2D eigenvalue weighted by Gasteiger charge is 2.13. The van der Waals surface area contributed by atoms with Gasteiger partial charge in [0, 0.05) is 8.95 Å². The van der Waals surface area contributed by atoms with Crippen LogP contribution < -0.4 is 10.5 Å². The number of aryl methyl sites for hydroxylation is 1. The van der Waals surface area contributed by atoms with E-state index in [1.54, 1.807) is 0 Å². The summed E-state index contributed by atoms with van der Waals surface area (Å²) in [4.78, 5) is 0. The molecule has 1 atom stereocenters. The first-order chi connectivity index (χ1) is 9.52. The van der Waals surface area contributed by atoms with Crippen molar-refractivity contribution < 1.29 is 4.74 Å². The van der Waals surface area contributed by atoms with E-state index in [9.17, 15) is 0 Å². The van der Waals surface area contributed by atoms with Crippen LogP contribution in [-0.2, 0) is 0 Å². The zero-order valence-electron chi connectivity index (χ0n) is 11.5. The summed E-state index contributed by atoms with van der Waals surface area (Å²) < 4.78 is 7.55. The summed E-state index contributed by atoms with van der Waals surface area (Å²) in [6, 6.07) is 12.0. The third kappa shape index (κ3) is 3.43. The van der Waals surface area contributed by atoms with Gasteiger partial charge in [-0.2, -0.15) is 0 Å². The molecule has 0 saturated heterocycles. The van der Waals surface area contributed by atoms with Crippen LogP contribution in [0.15, 0.2) is 45.3 Å². The van der Waals surface area contributed by atoms with E-state index < -0.39 is 0 Å². The smallest absolute Gasteiger partial charge is 0.120 e. The summed E-state index contributed by atoms with van der Waals surface area (Å²) in [6.45, 7) is 4.69. The Bertz CT molecular complexity index is 613. The Hall–Kier alpha value is -0.840. The van der Waals surface area contributed by atoms with Crippen molar-refractivity contribution in [1.29, 1.82) is 0 Å². The average molecular weight is 399 g/mol. The second-order valence-electron chi connectivity index (χ2n) is 4.60. The Morgan fingerprint density at radius 1 is 1.10 bits per heavy atom. The predicted octanol–water partition coefficient (Wildman–Crippen LogP) is 4.97. The Morgan fingerprint density at radius 3 is 2.45 bits per heavy atom. The number of hydrogen-bond donors (Lipinski definition) is 1. The van der Waals surface area contributed by atoms with Gasteiger partial charge in [-0.1, -0.05) is 50.1 Å². The minimum Gasteiger partial charge on any atom is -0.494 e. The lowest BCUT2D eigenvalue weighted by Gasteiger charge is -2.16. The van der Waals surface area contributed by atoms with Crippen molar-refractivity contribution in [2.75, 3.05) is 6.61 Å². The van der Waals surface area contributed by atoms with Gasteiger partial charge >= 0.3 is 0 Å². The highest BCUT2D eigenvalue weighted by Crippen LogP contribution is 2.31. The molecule has 2 N–H and O–H groups in total. The van der Waals surface area contributed by atoms with Crippen LogP contribution >= 0.6 is 31.9 Å². The molecule has 0 aromatic heterocycles. The fourth-order valence-corrected chi connectivity index (χ4v) is 2.91. The molecule has 0 aliphatic carbocycles. The summed E-state index contributed by atoms with van der Waals surface area (Å²) in [6.07, 6.45) is 0. The van der Waals surface area contributed by atoms with Gasteiger partial charge in [-0.05, 0) is 48.7 Å². The first-order valence-electron chi connectivity index (χ1n) is 6.46. The van der Waals surface area contributed by atoms with Crippen LogP contribution in [0.3, 0.4) is 0 Å². The topological polar surface area (TPSA) is 35.2 Å². The normalized spacial score (nSPS) is 12.2. The number of benzene rings is 2. The molecular weight excluding hydrogens is 382 g/mol. The summed E-state index contributed by atoms with van der Waals surface area (Å²) in [5, 5.41) is 0. The SMILES string of the molecule is CCOc1ccc(C(N)c2ccc(Br)c(C)c2)c(Br)c1. The van der Waals surface area contributed by atoms with Gasteiger partial charge < -0.3 is 10.5 Å². The van der Waals surface area contributed by atoms with Crippen molar-refractivity contribution in [3.8, 4) is 5.75 Å². The molecule has 20 heavy (non-hydrogen) atoms. The Morgan fingerprint density at radius 2 is 1.85 bits per heavy atom. The number of rotatable bonds is 4. The number of nitrogens with two attached hydrogens (primary N) is 1. The lowest BCUT2D eigenvalue weighted by Crippen LogP contribution is -2.12. The van der Waals surface area contributed by atoms with E-state index in [0.29, 0.717) is 6.61 Å². The Kier molecular flexibility index (Phi) is 5.24. The molecule has 106 valence electrons. The van der Waals surface area contributed by atoms with Crippen LogP contribution in [-0.4, -0.2) is 6.61 Å². The van der Waals surface area contributed by atoms with E-state index in [1.807, 2.05) is 37.3 Å². The summed E-state index contributed by atoms with van der Waals surface area (Å²) in [7, 11) is 0. The Labute approximate surface area is 136 Å². The molecule has 0 spiro atoms. The standard InChI is InChI=1S/C16H17Br2NO/c1-3-20-12-5-6-13(15(18)9-12)16(19)11-4-7-14(17)10(2)8-11/h4-9,16H,3,19H2,1-2H3. The Balaban J connectivity index is 2.32. The molecule has 0 aliphatic rings. The molecule has 0 aliphatic heterocycles. The van der Waals surface area contributed by atoms with Crippen molar-refractivity contribution in [3.05, 3.63) is 62.0 Å². The molecule has 0 bridgehead atoms. The lowest BCUT2D eigenvalue weighted by atomic mass is 9.98. The molecule has 2 aromatic rings. The first kappa shape index (κ1) is 15.5. The number of hydrogen-bond acceptors (Lipinski definition) is 2. The molecule has 0 heterocycles. The van der Waals surface area contributed by atoms with Crippen LogP contribution in [0.25, 0.3) is 0 Å². The molecule has 0 radical (unpaired) electrons. The van der Waals surface area contributed by atoms with Gasteiger partial charge in [0.15, 0.2) is 0 Å². The van der Waals surface area contributed by atoms with Gasteiger partial charge in [0.2, 0.25) is 0 Å². The molecule has 0 amide bonds. The number of ether oxygens (including phenoxy) is 1. The van der Waals surface area contributed by atoms with Crippen LogP contribution in [0.2, 0.25) is 0 Å². The number of halogens is 2. The maximum absolute atomic E-state index is 6.37. The van der Waals surface area contributed by atoms with E-state index in [4.69, 9.17) is 10.5 Å². The molecule has 1 unspecified atom stereocenters. The van der Waals surface area contributed by atoms with Gasteiger partial charge in [-0.25, -0.2) is 0 Å². The maximum Gasteiger partial charge on any atom is 0.120 e. The molecule has 2 rings (SSSR count). The second-order valence-corrected chi connectivity index (χ2v) is 6.31. The zero-order valence-corrected chi connectivity index (χ0v) is 14.7. The minimum atomic E-state index is -0.160. The van der Waals surface area contributed by atoms with Crippen LogP contribution in [0.4, 0.5) is 0 Å². The monoisotopic (exact) mass is 397 g/mol. The third-order valence-corrected chi connectivity index (χ3v) is 4.74. The van der Waals surface area contributed by atoms with Crippen LogP contribution in [0, 0.1) is 6.92 Å². The highest BCUT2D eigenvalue weighted by atomic mass is 79.9. The van der Waals surface area contributed by atoms with Crippen molar-refractivity contribution in [2.24, 2.45) is 5.73 Å². The molecule has 2 nitrogen and oxygen atoms in total. The van der Waals surface area contributed by atoms with E-state index in [1.165, 1.54) is 5.56 Å². The van der Waals surface area contributed by atoms with E-state index >= 15 is 0 Å². The average Bonchev–Trinajstić information content (AvgIpc) is 2.42. The van der Waals surface area contributed by atoms with Crippen LogP contribution in [0.5, 0.6) is 5.75 Å². The summed E-state index contributed by atoms with van der Waals surface area (Å²) >= 11 is 7.09. The quantitative estimate of drug-likeness (QED) is 0.789. The molecular formula is C16H17Br2NO. The second kappa shape index (κ2) is 6.74. The maximum atomic E-state index is 6.37. The van der Waals surface area contributed by atoms with E-state index in [0.717, 1.165) is 25.8 Å². The first-order valence-corrected chi connectivity index (χ1v) is 8.05. The zero-order chi connectivity index (χ0) is 14.7. The van der Waals surface area contributed by atoms with E-state index in [-0.39, 0.29) is 6.04 Å². The fourth-order valence-electron chi connectivity index (χ4n) is 2.06. The molecule has 0 saturated carbocycles. The van der Waals surface area contributed by atoms with Crippen molar-refractivity contribution in [1.82, 2.24) is 0 Å². The largest absolute Gasteiger partial charge is 0.494 e. The van der Waals surface area contributed by atoms with Gasteiger partial charge in [-0.3, -0.25) is 0 Å². The highest BCUT2D eigenvalue weighted by molar-refractivity contribution is 9.10. The molecule has 0 fully saturated rings. The molecule has 2 aromatic carbocycles. The summed E-state index contributed by atoms with van der Waals surface area (Å²) in [5.74, 6) is 0.849. The minimum absolute atomic E-state index is 0.160. The predicted molar refractivity (Wildman–Crippen MR) is 90.2 cm³/mol. The van der Waals surface area contributed by atoms with Crippen molar-refractivity contribution in [3.63, 3.8) is 0 Å². The third-order valence-electron chi connectivity index (χ3n) is 3.16.